The van der Waals surface area contributed by atoms with E-state index in [1.54, 1.807) is 0 Å². The second-order valence-electron chi connectivity index (χ2n) is 8.44. The summed E-state index contributed by atoms with van der Waals surface area (Å²) in [6.45, 7) is 0.960. The maximum Gasteiger partial charge on any atom is 0.262 e. The normalized spacial score (nSPS) is 16.5. The van der Waals surface area contributed by atoms with E-state index >= 15 is 0 Å². The molecule has 4 aromatic rings. The maximum atomic E-state index is 13.9. The molecule has 2 aliphatic rings. The summed E-state index contributed by atoms with van der Waals surface area (Å²) < 4.78 is 11.2. The lowest BCUT2D eigenvalue weighted by Crippen LogP contribution is -2.50. The number of rotatable bonds is 5. The first-order valence-corrected chi connectivity index (χ1v) is 11.5. The van der Waals surface area contributed by atoms with Crippen LogP contribution in [-0.4, -0.2) is 19.2 Å². The largest absolute Gasteiger partial charge is 0.454 e. The summed E-state index contributed by atoms with van der Waals surface area (Å²) in [6, 6.07) is 34.2. The first-order chi connectivity index (χ1) is 16.8. The zero-order valence-corrected chi connectivity index (χ0v) is 18.6. The predicted octanol–water partition coefficient (Wildman–Crippen LogP) is 5.82. The van der Waals surface area contributed by atoms with E-state index < -0.39 is 0 Å². The average Bonchev–Trinajstić information content (AvgIpc) is 3.37. The Labute approximate surface area is 198 Å². The van der Waals surface area contributed by atoms with Crippen LogP contribution in [0.4, 0.5) is 11.4 Å². The number of fused-ring (bicyclic) bond motifs is 2. The molecule has 5 heteroatoms. The number of hydrogen-bond donors (Lipinski definition) is 0. The van der Waals surface area contributed by atoms with E-state index in [4.69, 9.17) is 9.47 Å². The minimum Gasteiger partial charge on any atom is -0.454 e. The number of amides is 1. The van der Waals surface area contributed by atoms with Crippen molar-refractivity contribution in [1.82, 2.24) is 0 Å². The standard InChI is InChI=1S/C29H24N2O3/c32-29-24-13-7-8-14-25(24)30(18-17-21-9-3-1-4-10-21)28(31(29)23-11-5-2-6-12-23)22-15-16-26-27(19-22)34-20-33-26/h1-16,19,28H,17-18,20H2. The molecular formula is C29H24N2O3. The Morgan fingerprint density at radius 2 is 1.47 bits per heavy atom. The van der Waals surface area contributed by atoms with Crippen molar-refractivity contribution < 1.29 is 14.3 Å². The second-order valence-corrected chi connectivity index (χ2v) is 8.44. The molecule has 1 atom stereocenters. The molecule has 1 amide bonds. The van der Waals surface area contributed by atoms with Gasteiger partial charge in [-0.1, -0.05) is 66.7 Å². The van der Waals surface area contributed by atoms with Crippen LogP contribution in [0.1, 0.15) is 27.7 Å². The number of benzene rings is 4. The van der Waals surface area contributed by atoms with Gasteiger partial charge in [0.25, 0.3) is 5.91 Å². The van der Waals surface area contributed by atoms with Gasteiger partial charge in [-0.15, -0.1) is 0 Å². The number of para-hydroxylation sites is 2. The second kappa shape index (κ2) is 8.60. The van der Waals surface area contributed by atoms with E-state index in [1.165, 1.54) is 5.56 Å². The molecule has 4 aromatic carbocycles. The number of carbonyl (C=O) groups is 1. The predicted molar refractivity (Wildman–Crippen MR) is 132 cm³/mol. The highest BCUT2D eigenvalue weighted by Gasteiger charge is 2.39. The van der Waals surface area contributed by atoms with Crippen LogP contribution in [-0.2, 0) is 6.42 Å². The van der Waals surface area contributed by atoms with Crippen LogP contribution >= 0.6 is 0 Å². The van der Waals surface area contributed by atoms with Gasteiger partial charge in [-0.05, 0) is 53.9 Å². The molecule has 0 saturated heterocycles. The smallest absolute Gasteiger partial charge is 0.262 e. The number of anilines is 2. The number of carbonyl (C=O) groups excluding carboxylic acids is 1. The van der Waals surface area contributed by atoms with Crippen LogP contribution in [0.3, 0.4) is 0 Å². The molecule has 2 heterocycles. The quantitative estimate of drug-likeness (QED) is 0.386. The van der Waals surface area contributed by atoms with E-state index in [0.29, 0.717) is 11.3 Å². The fourth-order valence-electron chi connectivity index (χ4n) is 4.80. The van der Waals surface area contributed by atoms with Crippen LogP contribution in [0.5, 0.6) is 11.5 Å². The summed E-state index contributed by atoms with van der Waals surface area (Å²) in [5.74, 6) is 1.42. The van der Waals surface area contributed by atoms with Gasteiger partial charge in [-0.2, -0.15) is 0 Å². The van der Waals surface area contributed by atoms with E-state index in [0.717, 1.165) is 35.7 Å². The number of nitrogens with zero attached hydrogens (tertiary/aromatic N) is 2. The third-order valence-corrected chi connectivity index (χ3v) is 6.42. The molecule has 34 heavy (non-hydrogen) atoms. The van der Waals surface area contributed by atoms with Crippen LogP contribution in [0, 0.1) is 0 Å². The van der Waals surface area contributed by atoms with Crippen molar-refractivity contribution in [3.63, 3.8) is 0 Å². The topological polar surface area (TPSA) is 42.0 Å². The first kappa shape index (κ1) is 20.4. The van der Waals surface area contributed by atoms with Gasteiger partial charge in [0.1, 0.15) is 6.17 Å². The van der Waals surface area contributed by atoms with Crippen LogP contribution in [0.25, 0.3) is 0 Å². The van der Waals surface area contributed by atoms with Crippen LogP contribution < -0.4 is 19.3 Å². The van der Waals surface area contributed by atoms with Gasteiger partial charge in [0.2, 0.25) is 6.79 Å². The molecule has 0 fully saturated rings. The van der Waals surface area contributed by atoms with Crippen molar-refractivity contribution in [2.24, 2.45) is 0 Å². The summed E-state index contributed by atoms with van der Waals surface area (Å²) in [7, 11) is 0. The molecule has 0 radical (unpaired) electrons. The molecule has 0 spiro atoms. The van der Waals surface area contributed by atoms with Crippen LogP contribution in [0.15, 0.2) is 103 Å². The Morgan fingerprint density at radius 3 is 2.29 bits per heavy atom. The number of ether oxygens (including phenoxy) is 2. The summed E-state index contributed by atoms with van der Waals surface area (Å²) in [4.78, 5) is 18.1. The van der Waals surface area contributed by atoms with Gasteiger partial charge in [0, 0.05) is 12.2 Å². The van der Waals surface area contributed by atoms with Gasteiger partial charge in [-0.3, -0.25) is 9.69 Å². The third-order valence-electron chi connectivity index (χ3n) is 6.42. The fourth-order valence-corrected chi connectivity index (χ4v) is 4.80. The summed E-state index contributed by atoms with van der Waals surface area (Å²) in [6.07, 6.45) is 0.524. The van der Waals surface area contributed by atoms with Gasteiger partial charge < -0.3 is 14.4 Å². The lowest BCUT2D eigenvalue weighted by molar-refractivity contribution is 0.0968. The Balaban J connectivity index is 1.50. The lowest BCUT2D eigenvalue weighted by Gasteiger charge is -2.46. The molecule has 6 rings (SSSR count). The lowest BCUT2D eigenvalue weighted by atomic mass is 9.99. The Morgan fingerprint density at radius 1 is 0.765 bits per heavy atom. The highest BCUT2D eigenvalue weighted by atomic mass is 16.7. The average molecular weight is 449 g/mol. The van der Waals surface area contributed by atoms with E-state index in [1.807, 2.05) is 83.8 Å². The van der Waals surface area contributed by atoms with Crippen molar-refractivity contribution in [2.75, 3.05) is 23.1 Å². The van der Waals surface area contributed by atoms with Crippen molar-refractivity contribution in [2.45, 2.75) is 12.6 Å². The van der Waals surface area contributed by atoms with E-state index in [-0.39, 0.29) is 18.9 Å². The molecule has 0 aliphatic carbocycles. The molecule has 1 unspecified atom stereocenters. The summed E-state index contributed by atoms with van der Waals surface area (Å²) in [5.41, 5.74) is 4.74. The maximum absolute atomic E-state index is 13.9. The van der Waals surface area contributed by atoms with Crippen molar-refractivity contribution in [1.29, 1.82) is 0 Å². The molecule has 0 N–H and O–H groups in total. The molecule has 0 bridgehead atoms. The highest BCUT2D eigenvalue weighted by molar-refractivity contribution is 6.12. The summed E-state index contributed by atoms with van der Waals surface area (Å²) in [5, 5.41) is 0. The highest BCUT2D eigenvalue weighted by Crippen LogP contribution is 2.44. The molecule has 2 aliphatic heterocycles. The van der Waals surface area contributed by atoms with Gasteiger partial charge in [0.05, 0.1) is 11.3 Å². The Kier molecular flexibility index (Phi) is 5.15. The van der Waals surface area contributed by atoms with Gasteiger partial charge in [-0.25, -0.2) is 0 Å². The number of hydrogen-bond acceptors (Lipinski definition) is 4. The minimum atomic E-state index is -0.331. The van der Waals surface area contributed by atoms with E-state index in [9.17, 15) is 4.79 Å². The minimum absolute atomic E-state index is 0.0135. The van der Waals surface area contributed by atoms with Crippen molar-refractivity contribution in [3.05, 3.63) is 120 Å². The van der Waals surface area contributed by atoms with Crippen molar-refractivity contribution in [3.8, 4) is 11.5 Å². The monoisotopic (exact) mass is 448 g/mol. The molecule has 0 saturated carbocycles. The molecule has 168 valence electrons. The summed E-state index contributed by atoms with van der Waals surface area (Å²) >= 11 is 0. The SMILES string of the molecule is O=C1c2ccccc2N(CCc2ccccc2)C(c2ccc3c(c2)OCO3)N1c1ccccc1. The van der Waals surface area contributed by atoms with Crippen molar-refractivity contribution >= 4 is 17.3 Å². The van der Waals surface area contributed by atoms with Crippen LogP contribution in [0.2, 0.25) is 0 Å². The Hall–Kier alpha value is -4.25. The zero-order chi connectivity index (χ0) is 22.9. The fraction of sp³-hybridized carbons (Fsp3) is 0.138. The van der Waals surface area contributed by atoms with Gasteiger partial charge >= 0.3 is 0 Å². The van der Waals surface area contributed by atoms with E-state index in [2.05, 4.69) is 29.2 Å². The molecule has 0 aromatic heterocycles. The first-order valence-electron chi connectivity index (χ1n) is 11.5. The third kappa shape index (κ3) is 3.55. The zero-order valence-electron chi connectivity index (χ0n) is 18.6. The molecule has 5 nitrogen and oxygen atoms in total. The van der Waals surface area contributed by atoms with Gasteiger partial charge in [0.15, 0.2) is 11.5 Å². The molecular weight excluding hydrogens is 424 g/mol. The Bertz CT molecular complexity index is 1320.